The van der Waals surface area contributed by atoms with Crippen molar-refractivity contribution in [3.8, 4) is 23.0 Å². The Labute approximate surface area is 222 Å². The van der Waals surface area contributed by atoms with E-state index < -0.39 is 0 Å². The van der Waals surface area contributed by atoms with E-state index in [1.807, 2.05) is 48.5 Å². The van der Waals surface area contributed by atoms with Crippen molar-refractivity contribution in [2.24, 2.45) is 0 Å². The van der Waals surface area contributed by atoms with Crippen LogP contribution in [0.4, 0.5) is 0 Å². The summed E-state index contributed by atoms with van der Waals surface area (Å²) in [5.41, 5.74) is 3.53. The Bertz CT molecular complexity index is 1410. The zero-order valence-corrected chi connectivity index (χ0v) is 22.0. The number of para-hydroxylation sites is 2. The first kappa shape index (κ1) is 26.6. The van der Waals surface area contributed by atoms with Crippen molar-refractivity contribution in [1.82, 2.24) is 14.9 Å². The summed E-state index contributed by atoms with van der Waals surface area (Å²) in [6.45, 7) is 5.24. The molecule has 8 nitrogen and oxygen atoms in total. The van der Waals surface area contributed by atoms with Gasteiger partial charge in [-0.05, 0) is 54.4 Å². The van der Waals surface area contributed by atoms with Crippen molar-refractivity contribution in [2.45, 2.75) is 19.4 Å². The lowest BCUT2D eigenvalue weighted by atomic mass is 10.1. The van der Waals surface area contributed by atoms with Crippen LogP contribution >= 0.6 is 0 Å². The van der Waals surface area contributed by atoms with Crippen LogP contribution in [0.3, 0.4) is 0 Å². The van der Waals surface area contributed by atoms with Crippen LogP contribution < -0.4 is 24.3 Å². The highest BCUT2D eigenvalue weighted by atomic mass is 16.5. The molecule has 0 saturated heterocycles. The zero-order chi connectivity index (χ0) is 26.9. The molecular weight excluding hydrogens is 482 g/mol. The fraction of sp³-hybridized carbons (Fsp3) is 0.267. The van der Waals surface area contributed by atoms with Crippen molar-refractivity contribution in [2.75, 3.05) is 34.5 Å². The number of imidazole rings is 1. The average molecular weight is 516 g/mol. The number of carbonyl (C=O) groups is 1. The second-order valence-electron chi connectivity index (χ2n) is 8.57. The topological polar surface area (TPSA) is 83.8 Å². The molecule has 0 aliphatic heterocycles. The molecule has 0 atom stereocenters. The zero-order valence-electron chi connectivity index (χ0n) is 22.0. The van der Waals surface area contributed by atoms with Gasteiger partial charge < -0.3 is 28.8 Å². The van der Waals surface area contributed by atoms with E-state index >= 15 is 0 Å². The number of amides is 1. The van der Waals surface area contributed by atoms with Crippen LogP contribution in [0.25, 0.3) is 11.0 Å². The highest BCUT2D eigenvalue weighted by Gasteiger charge is 2.14. The first-order chi connectivity index (χ1) is 18.6. The van der Waals surface area contributed by atoms with Crippen LogP contribution in [0.5, 0.6) is 23.0 Å². The molecule has 198 valence electrons. The molecule has 0 radical (unpaired) electrons. The van der Waals surface area contributed by atoms with Crippen molar-refractivity contribution < 1.29 is 23.7 Å². The highest BCUT2D eigenvalue weighted by Crippen LogP contribution is 2.29. The number of hydrogen-bond acceptors (Lipinski definition) is 6. The summed E-state index contributed by atoms with van der Waals surface area (Å²) in [5, 5.41) is 2.98. The Hall–Kier alpha value is -4.46. The van der Waals surface area contributed by atoms with E-state index in [2.05, 4.69) is 16.5 Å². The number of benzene rings is 3. The summed E-state index contributed by atoms with van der Waals surface area (Å²) in [6, 6.07) is 19.0. The van der Waals surface area contributed by atoms with Gasteiger partial charge in [0.2, 0.25) is 0 Å². The number of nitrogens with zero attached hydrogens (tertiary/aromatic N) is 2. The van der Waals surface area contributed by atoms with Crippen molar-refractivity contribution in [3.63, 3.8) is 0 Å². The summed E-state index contributed by atoms with van der Waals surface area (Å²) in [7, 11) is 4.74. The predicted octanol–water partition coefficient (Wildman–Crippen LogP) is 4.84. The maximum Gasteiger partial charge on any atom is 0.251 e. The van der Waals surface area contributed by atoms with Crippen LogP contribution in [0.2, 0.25) is 0 Å². The molecule has 1 amide bonds. The van der Waals surface area contributed by atoms with Gasteiger partial charge in [0.05, 0.1) is 38.9 Å². The van der Waals surface area contributed by atoms with Crippen LogP contribution in [0.15, 0.2) is 73.3 Å². The van der Waals surface area contributed by atoms with Crippen molar-refractivity contribution in [3.05, 3.63) is 90.3 Å². The van der Waals surface area contributed by atoms with Crippen LogP contribution in [0.1, 0.15) is 21.7 Å². The summed E-state index contributed by atoms with van der Waals surface area (Å²) in [4.78, 5) is 17.6. The van der Waals surface area contributed by atoms with E-state index in [4.69, 9.17) is 23.9 Å². The Morgan fingerprint density at radius 3 is 2.45 bits per heavy atom. The molecule has 0 fully saturated rings. The maximum absolute atomic E-state index is 12.7. The van der Waals surface area contributed by atoms with Gasteiger partial charge >= 0.3 is 0 Å². The van der Waals surface area contributed by atoms with E-state index in [0.717, 1.165) is 28.8 Å². The second kappa shape index (κ2) is 12.7. The van der Waals surface area contributed by atoms with E-state index in [9.17, 15) is 4.79 Å². The summed E-state index contributed by atoms with van der Waals surface area (Å²) < 4.78 is 24.3. The SMILES string of the molecule is C=CCc1ccc(OCCn2c(CCNC(=O)c3ccc(OC)c(OC)c3)nc3ccccc32)c(OC)c1. The van der Waals surface area contributed by atoms with E-state index in [1.54, 1.807) is 39.5 Å². The average Bonchev–Trinajstić information content (AvgIpc) is 3.30. The molecular formula is C30H33N3O5. The summed E-state index contributed by atoms with van der Waals surface area (Å²) in [5.74, 6) is 3.14. The number of allylic oxidation sites excluding steroid dienone is 1. The number of fused-ring (bicyclic) bond motifs is 1. The molecule has 1 heterocycles. The molecule has 1 N–H and O–H groups in total. The van der Waals surface area contributed by atoms with Gasteiger partial charge in [-0.25, -0.2) is 4.98 Å². The molecule has 0 spiro atoms. The number of nitrogens with one attached hydrogen (secondary N) is 1. The highest BCUT2D eigenvalue weighted by molar-refractivity contribution is 5.94. The largest absolute Gasteiger partial charge is 0.493 e. The Morgan fingerprint density at radius 2 is 1.68 bits per heavy atom. The lowest BCUT2D eigenvalue weighted by Gasteiger charge is -2.14. The number of carbonyl (C=O) groups excluding carboxylic acids is 1. The predicted molar refractivity (Wildman–Crippen MR) is 148 cm³/mol. The van der Waals surface area contributed by atoms with Gasteiger partial charge in [-0.1, -0.05) is 24.3 Å². The first-order valence-corrected chi connectivity index (χ1v) is 12.4. The lowest BCUT2D eigenvalue weighted by Crippen LogP contribution is -2.26. The second-order valence-corrected chi connectivity index (χ2v) is 8.57. The fourth-order valence-electron chi connectivity index (χ4n) is 4.30. The molecule has 4 rings (SSSR count). The normalized spacial score (nSPS) is 10.7. The van der Waals surface area contributed by atoms with E-state index in [1.165, 1.54) is 0 Å². The van der Waals surface area contributed by atoms with Crippen LogP contribution in [-0.4, -0.2) is 49.9 Å². The summed E-state index contributed by atoms with van der Waals surface area (Å²) >= 11 is 0. The molecule has 8 heteroatoms. The molecule has 4 aromatic rings. The minimum atomic E-state index is -0.191. The molecule has 38 heavy (non-hydrogen) atoms. The van der Waals surface area contributed by atoms with E-state index in [0.29, 0.717) is 54.7 Å². The smallest absolute Gasteiger partial charge is 0.251 e. The fourth-order valence-corrected chi connectivity index (χ4v) is 4.30. The van der Waals surface area contributed by atoms with Gasteiger partial charge in [-0.2, -0.15) is 0 Å². The number of aromatic nitrogens is 2. The monoisotopic (exact) mass is 515 g/mol. The maximum atomic E-state index is 12.7. The molecule has 3 aromatic carbocycles. The number of rotatable bonds is 13. The van der Waals surface area contributed by atoms with Gasteiger partial charge in [0, 0.05) is 18.5 Å². The van der Waals surface area contributed by atoms with Crippen LogP contribution in [0, 0.1) is 0 Å². The third-order valence-electron chi connectivity index (χ3n) is 6.19. The lowest BCUT2D eigenvalue weighted by molar-refractivity contribution is 0.0953. The minimum absolute atomic E-state index is 0.191. The molecule has 0 aliphatic rings. The molecule has 0 bridgehead atoms. The van der Waals surface area contributed by atoms with Gasteiger partial charge in [0.15, 0.2) is 23.0 Å². The van der Waals surface area contributed by atoms with Crippen LogP contribution in [-0.2, 0) is 19.4 Å². The number of ether oxygens (including phenoxy) is 4. The van der Waals surface area contributed by atoms with Gasteiger partial charge in [0.25, 0.3) is 5.91 Å². The van der Waals surface area contributed by atoms with Gasteiger partial charge in [-0.15, -0.1) is 6.58 Å². The Kier molecular flexibility index (Phi) is 8.87. The number of hydrogen-bond donors (Lipinski definition) is 1. The standard InChI is InChI=1S/C30H33N3O5/c1-5-8-21-11-13-26(27(19-21)36-3)38-18-17-33-24-10-7-6-9-23(24)32-29(33)15-16-31-30(34)22-12-14-25(35-2)28(20-22)37-4/h5-7,9-14,19-20H,1,8,15-18H2,2-4H3,(H,31,34). The Balaban J connectivity index is 1.42. The van der Waals surface area contributed by atoms with Gasteiger partial charge in [0.1, 0.15) is 12.4 Å². The van der Waals surface area contributed by atoms with Crippen molar-refractivity contribution >= 4 is 16.9 Å². The number of methoxy groups -OCH3 is 3. The summed E-state index contributed by atoms with van der Waals surface area (Å²) in [6.07, 6.45) is 3.19. The van der Waals surface area contributed by atoms with Gasteiger partial charge in [-0.3, -0.25) is 4.79 Å². The molecule has 0 aliphatic carbocycles. The van der Waals surface area contributed by atoms with E-state index in [-0.39, 0.29) is 5.91 Å². The third kappa shape index (κ3) is 6.08. The van der Waals surface area contributed by atoms with Crippen molar-refractivity contribution in [1.29, 1.82) is 0 Å². The minimum Gasteiger partial charge on any atom is -0.493 e. The molecule has 0 unspecified atom stereocenters. The molecule has 1 aromatic heterocycles. The molecule has 0 saturated carbocycles. The first-order valence-electron chi connectivity index (χ1n) is 12.4. The Morgan fingerprint density at radius 1 is 0.947 bits per heavy atom. The quantitative estimate of drug-likeness (QED) is 0.257. The third-order valence-corrected chi connectivity index (χ3v) is 6.19.